The number of carbonyl (C=O) groups excluding carboxylic acids is 1. The van der Waals surface area contributed by atoms with Crippen LogP contribution in [-0.2, 0) is 9.53 Å². The van der Waals surface area contributed by atoms with Crippen molar-refractivity contribution >= 4 is 17.0 Å². The Kier molecular flexibility index (Phi) is 5.33. The summed E-state index contributed by atoms with van der Waals surface area (Å²) in [5, 5.41) is 2.51. The molecule has 0 aliphatic rings. The lowest BCUT2D eigenvalue weighted by Gasteiger charge is -2.18. The fourth-order valence-electron chi connectivity index (χ4n) is 2.22. The Bertz CT molecular complexity index is 766. The van der Waals surface area contributed by atoms with Crippen LogP contribution in [0.1, 0.15) is 19.9 Å². The molecular weight excluding hydrogens is 329 g/mol. The van der Waals surface area contributed by atoms with Gasteiger partial charge in [0.1, 0.15) is 12.6 Å². The number of fused-ring (bicyclic) bond motifs is 1. The highest BCUT2D eigenvalue weighted by atomic mass is 19.4. The van der Waals surface area contributed by atoms with Crippen LogP contribution in [0.5, 0.6) is 0 Å². The van der Waals surface area contributed by atoms with E-state index >= 15 is 0 Å². The molecule has 24 heavy (non-hydrogen) atoms. The van der Waals surface area contributed by atoms with Gasteiger partial charge in [0.2, 0.25) is 5.91 Å². The van der Waals surface area contributed by atoms with Crippen molar-refractivity contribution in [1.82, 2.24) is 9.88 Å². The summed E-state index contributed by atoms with van der Waals surface area (Å²) in [5.41, 5.74) is 0.815. The third kappa shape index (κ3) is 4.38. The number of oxazole rings is 1. The standard InChI is InChI=1S/C15H17F3N2O4/c1-9(7-23-8-15(16,17)18)19-13(21)10(2)20-11-5-3-4-6-12(11)24-14(20)22/h3-6,9-10H,7-8H2,1-2H3,(H,19,21)/t9-,10-/m0/s1. The molecule has 6 nitrogen and oxygen atoms in total. The van der Waals surface area contributed by atoms with Gasteiger partial charge < -0.3 is 14.5 Å². The number of amides is 1. The van der Waals surface area contributed by atoms with Crippen molar-refractivity contribution in [2.24, 2.45) is 0 Å². The van der Waals surface area contributed by atoms with Gasteiger partial charge in [0.25, 0.3) is 0 Å². The second kappa shape index (κ2) is 7.08. The molecule has 1 aromatic carbocycles. The summed E-state index contributed by atoms with van der Waals surface area (Å²) in [6, 6.07) is 5.11. The Morgan fingerprint density at radius 3 is 2.67 bits per heavy atom. The van der Waals surface area contributed by atoms with Crippen molar-refractivity contribution in [1.29, 1.82) is 0 Å². The van der Waals surface area contributed by atoms with Gasteiger partial charge in [-0.3, -0.25) is 9.36 Å². The number of hydrogen-bond acceptors (Lipinski definition) is 4. The molecule has 1 N–H and O–H groups in total. The molecule has 0 spiro atoms. The molecule has 0 saturated heterocycles. The molecule has 0 unspecified atom stereocenters. The molecule has 1 amide bonds. The van der Waals surface area contributed by atoms with Gasteiger partial charge in [0, 0.05) is 6.04 Å². The first kappa shape index (κ1) is 18.1. The summed E-state index contributed by atoms with van der Waals surface area (Å²) >= 11 is 0. The minimum absolute atomic E-state index is 0.293. The quantitative estimate of drug-likeness (QED) is 0.871. The molecule has 0 aliphatic carbocycles. The number of nitrogens with one attached hydrogen (secondary N) is 1. The SMILES string of the molecule is C[C@@H](COCC(F)(F)F)NC(=O)[C@H](C)n1c(=O)oc2ccccc21. The lowest BCUT2D eigenvalue weighted by molar-refractivity contribution is -0.175. The van der Waals surface area contributed by atoms with E-state index in [0.717, 1.165) is 0 Å². The number of halogens is 3. The topological polar surface area (TPSA) is 73.5 Å². The first-order valence-electron chi connectivity index (χ1n) is 7.24. The van der Waals surface area contributed by atoms with E-state index in [0.29, 0.717) is 11.1 Å². The maximum absolute atomic E-state index is 12.2. The predicted octanol–water partition coefficient (Wildman–Crippen LogP) is 2.24. The summed E-state index contributed by atoms with van der Waals surface area (Å²) in [7, 11) is 0. The molecule has 9 heteroatoms. The molecule has 132 valence electrons. The van der Waals surface area contributed by atoms with Gasteiger partial charge in [-0.25, -0.2) is 4.79 Å². The summed E-state index contributed by atoms with van der Waals surface area (Å²) in [5.74, 6) is -1.20. The van der Waals surface area contributed by atoms with E-state index in [2.05, 4.69) is 10.1 Å². The number of rotatable bonds is 6. The van der Waals surface area contributed by atoms with E-state index in [1.54, 1.807) is 24.3 Å². The van der Waals surface area contributed by atoms with Gasteiger partial charge in [-0.15, -0.1) is 0 Å². The number of carbonyl (C=O) groups is 1. The zero-order valence-electron chi connectivity index (χ0n) is 13.1. The lowest BCUT2D eigenvalue weighted by atomic mass is 10.2. The Hall–Kier alpha value is -2.29. The summed E-state index contributed by atoms with van der Waals surface area (Å²) in [4.78, 5) is 24.1. The number of nitrogens with zero attached hydrogens (tertiary/aromatic N) is 1. The Labute approximate surface area is 135 Å². The third-order valence-electron chi connectivity index (χ3n) is 3.31. The van der Waals surface area contributed by atoms with Crippen LogP contribution in [0.2, 0.25) is 0 Å². The highest BCUT2D eigenvalue weighted by molar-refractivity contribution is 5.83. The smallest absolute Gasteiger partial charge is 0.408 e. The molecule has 0 fully saturated rings. The van der Waals surface area contributed by atoms with Crippen molar-refractivity contribution in [3.8, 4) is 0 Å². The van der Waals surface area contributed by atoms with Gasteiger partial charge in [-0.05, 0) is 26.0 Å². The molecule has 0 aliphatic heterocycles. The van der Waals surface area contributed by atoms with Crippen molar-refractivity contribution in [2.75, 3.05) is 13.2 Å². The first-order chi connectivity index (χ1) is 11.2. The van der Waals surface area contributed by atoms with Crippen LogP contribution in [0.3, 0.4) is 0 Å². The number of aromatic nitrogens is 1. The van der Waals surface area contributed by atoms with Crippen LogP contribution < -0.4 is 11.1 Å². The zero-order chi connectivity index (χ0) is 17.9. The number of alkyl halides is 3. The summed E-state index contributed by atoms with van der Waals surface area (Å²) in [6.07, 6.45) is -4.42. The normalized spacial score (nSPS) is 14.5. The molecule has 0 bridgehead atoms. The van der Waals surface area contributed by atoms with E-state index in [9.17, 15) is 22.8 Å². The van der Waals surface area contributed by atoms with E-state index in [4.69, 9.17) is 4.42 Å². The zero-order valence-corrected chi connectivity index (χ0v) is 13.1. The molecule has 0 radical (unpaired) electrons. The highest BCUT2D eigenvalue weighted by Crippen LogP contribution is 2.17. The molecule has 1 aromatic heterocycles. The van der Waals surface area contributed by atoms with Gasteiger partial charge in [0.05, 0.1) is 12.1 Å². The van der Waals surface area contributed by atoms with Crippen molar-refractivity contribution in [2.45, 2.75) is 32.1 Å². The fourth-order valence-corrected chi connectivity index (χ4v) is 2.22. The number of hydrogen-bond donors (Lipinski definition) is 1. The van der Waals surface area contributed by atoms with Crippen LogP contribution in [-0.4, -0.2) is 35.9 Å². The molecule has 2 aromatic rings. The van der Waals surface area contributed by atoms with E-state index in [1.165, 1.54) is 18.4 Å². The first-order valence-corrected chi connectivity index (χ1v) is 7.24. The van der Waals surface area contributed by atoms with Crippen LogP contribution in [0.4, 0.5) is 13.2 Å². The molecule has 2 atom stereocenters. The second-order valence-electron chi connectivity index (χ2n) is 5.42. The summed E-state index contributed by atoms with van der Waals surface area (Å²) < 4.78 is 46.8. The summed E-state index contributed by atoms with van der Waals surface area (Å²) in [6.45, 7) is 1.34. The molecular formula is C15H17F3N2O4. The highest BCUT2D eigenvalue weighted by Gasteiger charge is 2.28. The number of ether oxygens (including phenoxy) is 1. The lowest BCUT2D eigenvalue weighted by Crippen LogP contribution is -2.41. The molecule has 1 heterocycles. The number of para-hydroxylation sites is 2. The minimum atomic E-state index is -4.42. The molecule has 2 rings (SSSR count). The average Bonchev–Trinajstić information content (AvgIpc) is 2.80. The van der Waals surface area contributed by atoms with Crippen molar-refractivity contribution in [3.63, 3.8) is 0 Å². The van der Waals surface area contributed by atoms with Gasteiger partial charge in [0.15, 0.2) is 5.58 Å². The van der Waals surface area contributed by atoms with Crippen molar-refractivity contribution < 1.29 is 27.1 Å². The second-order valence-corrected chi connectivity index (χ2v) is 5.42. The van der Waals surface area contributed by atoms with Gasteiger partial charge >= 0.3 is 11.9 Å². The number of benzene rings is 1. The Balaban J connectivity index is 2.01. The van der Waals surface area contributed by atoms with E-state index in [1.807, 2.05) is 0 Å². The molecule has 0 saturated carbocycles. The van der Waals surface area contributed by atoms with E-state index in [-0.39, 0.29) is 6.61 Å². The van der Waals surface area contributed by atoms with Crippen LogP contribution in [0.15, 0.2) is 33.5 Å². The largest absolute Gasteiger partial charge is 0.420 e. The fraction of sp³-hybridized carbons (Fsp3) is 0.467. The Morgan fingerprint density at radius 1 is 1.33 bits per heavy atom. The van der Waals surface area contributed by atoms with Gasteiger partial charge in [-0.2, -0.15) is 13.2 Å². The van der Waals surface area contributed by atoms with Crippen molar-refractivity contribution in [3.05, 3.63) is 34.8 Å². The van der Waals surface area contributed by atoms with Crippen LogP contribution >= 0.6 is 0 Å². The monoisotopic (exact) mass is 346 g/mol. The van der Waals surface area contributed by atoms with Crippen LogP contribution in [0, 0.1) is 0 Å². The Morgan fingerprint density at radius 2 is 2.00 bits per heavy atom. The predicted molar refractivity (Wildman–Crippen MR) is 79.7 cm³/mol. The maximum atomic E-state index is 12.2. The van der Waals surface area contributed by atoms with E-state index < -0.39 is 36.5 Å². The average molecular weight is 346 g/mol. The van der Waals surface area contributed by atoms with Gasteiger partial charge in [-0.1, -0.05) is 12.1 Å². The maximum Gasteiger partial charge on any atom is 0.420 e. The minimum Gasteiger partial charge on any atom is -0.408 e. The van der Waals surface area contributed by atoms with Crippen LogP contribution in [0.25, 0.3) is 11.1 Å². The third-order valence-corrected chi connectivity index (χ3v) is 3.31.